The Morgan fingerprint density at radius 3 is 2.64 bits per heavy atom. The Kier molecular flexibility index (Phi) is 3.96. The number of carbonyl (C=O) groups excluding carboxylic acids is 1. The molecule has 116 valence electrons. The van der Waals surface area contributed by atoms with E-state index in [1.54, 1.807) is 31.3 Å². The van der Waals surface area contributed by atoms with Gasteiger partial charge in [-0.1, -0.05) is 19.1 Å². The summed E-state index contributed by atoms with van der Waals surface area (Å²) in [6.45, 7) is 5.58. The number of amides is 1. The minimum Gasteiger partial charge on any atom is -0.339 e. The Labute approximate surface area is 129 Å². The topological polar surface area (TPSA) is 38.1 Å². The summed E-state index contributed by atoms with van der Waals surface area (Å²) >= 11 is 0. The second kappa shape index (κ2) is 5.91. The molecule has 1 aliphatic rings. The molecule has 4 nitrogen and oxygen atoms in total. The summed E-state index contributed by atoms with van der Waals surface area (Å²) in [7, 11) is 0. The fourth-order valence-electron chi connectivity index (χ4n) is 2.87. The predicted octanol–water partition coefficient (Wildman–Crippen LogP) is 3.19. The van der Waals surface area contributed by atoms with Gasteiger partial charge in [0.05, 0.1) is 17.5 Å². The molecule has 0 atom stereocenters. The molecule has 3 rings (SSSR count). The standard InChI is InChI=1S/C17H20FN3O/c1-12-7-9-20(10-8-12)17(22)14-11-19-21(13(14)2)16-6-4-3-5-15(16)18/h3-6,11-12H,7-10H2,1-2H3. The van der Waals surface area contributed by atoms with Crippen LogP contribution in [0.15, 0.2) is 30.5 Å². The van der Waals surface area contributed by atoms with E-state index in [9.17, 15) is 9.18 Å². The largest absolute Gasteiger partial charge is 0.339 e. The molecule has 22 heavy (non-hydrogen) atoms. The van der Waals surface area contributed by atoms with Gasteiger partial charge in [0.2, 0.25) is 0 Å². The van der Waals surface area contributed by atoms with E-state index in [1.165, 1.54) is 10.7 Å². The normalized spacial score (nSPS) is 16.0. The summed E-state index contributed by atoms with van der Waals surface area (Å²) in [5.74, 6) is 0.317. The summed E-state index contributed by atoms with van der Waals surface area (Å²) < 4.78 is 15.4. The van der Waals surface area contributed by atoms with Crippen molar-refractivity contribution in [2.45, 2.75) is 26.7 Å². The Morgan fingerprint density at radius 2 is 1.95 bits per heavy atom. The van der Waals surface area contributed by atoms with Crippen LogP contribution in [0.5, 0.6) is 0 Å². The molecular formula is C17H20FN3O. The van der Waals surface area contributed by atoms with Crippen molar-refractivity contribution in [1.82, 2.24) is 14.7 Å². The number of rotatable bonds is 2. The number of nitrogens with zero attached hydrogens (tertiary/aromatic N) is 3. The molecule has 1 amide bonds. The minimum atomic E-state index is -0.348. The number of hydrogen-bond acceptors (Lipinski definition) is 2. The van der Waals surface area contributed by atoms with Gasteiger partial charge in [0, 0.05) is 13.1 Å². The Hall–Kier alpha value is -2.17. The molecule has 0 bridgehead atoms. The van der Waals surface area contributed by atoms with Gasteiger partial charge in [0.25, 0.3) is 5.91 Å². The number of para-hydroxylation sites is 1. The van der Waals surface area contributed by atoms with Crippen LogP contribution in [0.1, 0.15) is 35.8 Å². The molecule has 1 aliphatic heterocycles. The lowest BCUT2D eigenvalue weighted by atomic mass is 9.99. The van der Waals surface area contributed by atoms with Crippen LogP contribution < -0.4 is 0 Å². The first kappa shape index (κ1) is 14.8. The first-order chi connectivity index (χ1) is 10.6. The zero-order chi connectivity index (χ0) is 15.7. The van der Waals surface area contributed by atoms with Crippen LogP contribution in [0, 0.1) is 18.7 Å². The van der Waals surface area contributed by atoms with Crippen LogP contribution in [0.3, 0.4) is 0 Å². The third-order valence-corrected chi connectivity index (χ3v) is 4.39. The average molecular weight is 301 g/mol. The van der Waals surface area contributed by atoms with Gasteiger partial charge < -0.3 is 4.90 Å². The monoisotopic (exact) mass is 301 g/mol. The van der Waals surface area contributed by atoms with Crippen LogP contribution in [-0.2, 0) is 0 Å². The molecule has 1 saturated heterocycles. The molecule has 0 spiro atoms. The minimum absolute atomic E-state index is 0.00742. The van der Waals surface area contributed by atoms with Crippen LogP contribution >= 0.6 is 0 Å². The highest BCUT2D eigenvalue weighted by atomic mass is 19.1. The van der Waals surface area contributed by atoms with Crippen molar-refractivity contribution in [2.24, 2.45) is 5.92 Å². The number of hydrogen-bond donors (Lipinski definition) is 0. The molecule has 2 heterocycles. The Balaban J connectivity index is 1.88. The fourth-order valence-corrected chi connectivity index (χ4v) is 2.87. The SMILES string of the molecule is Cc1c(C(=O)N2CCC(C)CC2)cnn1-c1ccccc1F. The van der Waals surface area contributed by atoms with Crippen molar-refractivity contribution < 1.29 is 9.18 Å². The molecule has 0 saturated carbocycles. The zero-order valence-electron chi connectivity index (χ0n) is 12.9. The number of halogens is 1. The van der Waals surface area contributed by atoms with Gasteiger partial charge in [-0.05, 0) is 37.8 Å². The smallest absolute Gasteiger partial charge is 0.257 e. The van der Waals surface area contributed by atoms with E-state index >= 15 is 0 Å². The first-order valence-electron chi connectivity index (χ1n) is 7.66. The highest BCUT2D eigenvalue weighted by Crippen LogP contribution is 2.21. The molecule has 0 aliphatic carbocycles. The molecular weight excluding hydrogens is 281 g/mol. The molecule has 0 radical (unpaired) electrons. The molecule has 5 heteroatoms. The quantitative estimate of drug-likeness (QED) is 0.854. The van der Waals surface area contributed by atoms with E-state index in [0.717, 1.165) is 25.9 Å². The zero-order valence-corrected chi connectivity index (χ0v) is 12.9. The van der Waals surface area contributed by atoms with E-state index in [4.69, 9.17) is 0 Å². The van der Waals surface area contributed by atoms with Gasteiger partial charge in [-0.15, -0.1) is 0 Å². The lowest BCUT2D eigenvalue weighted by Crippen LogP contribution is -2.38. The van der Waals surface area contributed by atoms with Crippen LogP contribution in [0.25, 0.3) is 5.69 Å². The molecule has 1 fully saturated rings. The van der Waals surface area contributed by atoms with E-state index < -0.39 is 0 Å². The first-order valence-corrected chi connectivity index (χ1v) is 7.66. The maximum atomic E-state index is 13.9. The summed E-state index contributed by atoms with van der Waals surface area (Å²) in [5, 5.41) is 4.21. The number of likely N-dealkylation sites (tertiary alicyclic amines) is 1. The fraction of sp³-hybridized carbons (Fsp3) is 0.412. The predicted molar refractivity (Wildman–Crippen MR) is 82.6 cm³/mol. The number of carbonyl (C=O) groups is 1. The van der Waals surface area contributed by atoms with Gasteiger partial charge in [0.15, 0.2) is 0 Å². The maximum Gasteiger partial charge on any atom is 0.257 e. The van der Waals surface area contributed by atoms with Crippen molar-refractivity contribution in [2.75, 3.05) is 13.1 Å². The van der Waals surface area contributed by atoms with Gasteiger partial charge in [0.1, 0.15) is 11.5 Å². The van der Waals surface area contributed by atoms with E-state index in [1.807, 2.05) is 4.90 Å². The number of aromatic nitrogens is 2. The summed E-state index contributed by atoms with van der Waals surface area (Å²) in [5.41, 5.74) is 1.60. The molecule has 1 aromatic carbocycles. The van der Waals surface area contributed by atoms with E-state index in [-0.39, 0.29) is 11.7 Å². The lowest BCUT2D eigenvalue weighted by Gasteiger charge is -2.30. The van der Waals surface area contributed by atoms with Crippen LogP contribution in [-0.4, -0.2) is 33.7 Å². The van der Waals surface area contributed by atoms with Gasteiger partial charge in [-0.2, -0.15) is 5.10 Å². The van der Waals surface area contributed by atoms with Crippen LogP contribution in [0.2, 0.25) is 0 Å². The molecule has 0 N–H and O–H groups in total. The highest BCUT2D eigenvalue weighted by molar-refractivity contribution is 5.95. The lowest BCUT2D eigenvalue weighted by molar-refractivity contribution is 0.0696. The molecule has 2 aromatic rings. The third-order valence-electron chi connectivity index (χ3n) is 4.39. The van der Waals surface area contributed by atoms with Crippen molar-refractivity contribution in [1.29, 1.82) is 0 Å². The maximum absolute atomic E-state index is 13.9. The van der Waals surface area contributed by atoms with E-state index in [0.29, 0.717) is 22.9 Å². The van der Waals surface area contributed by atoms with Crippen molar-refractivity contribution in [3.05, 3.63) is 47.5 Å². The van der Waals surface area contributed by atoms with E-state index in [2.05, 4.69) is 12.0 Å². The van der Waals surface area contributed by atoms with Crippen molar-refractivity contribution in [3.8, 4) is 5.69 Å². The Morgan fingerprint density at radius 1 is 1.27 bits per heavy atom. The highest BCUT2D eigenvalue weighted by Gasteiger charge is 2.24. The number of piperidine rings is 1. The molecule has 0 unspecified atom stereocenters. The van der Waals surface area contributed by atoms with Gasteiger partial charge in [-0.3, -0.25) is 4.79 Å². The van der Waals surface area contributed by atoms with Crippen molar-refractivity contribution >= 4 is 5.91 Å². The van der Waals surface area contributed by atoms with Gasteiger partial charge in [-0.25, -0.2) is 9.07 Å². The summed E-state index contributed by atoms with van der Waals surface area (Å²) in [4.78, 5) is 14.5. The Bertz CT molecular complexity index is 687. The average Bonchev–Trinajstić information content (AvgIpc) is 2.89. The van der Waals surface area contributed by atoms with Gasteiger partial charge >= 0.3 is 0 Å². The summed E-state index contributed by atoms with van der Waals surface area (Å²) in [6, 6.07) is 6.45. The van der Waals surface area contributed by atoms with Crippen LogP contribution in [0.4, 0.5) is 4.39 Å². The van der Waals surface area contributed by atoms with Crippen molar-refractivity contribution in [3.63, 3.8) is 0 Å². The molecule has 1 aromatic heterocycles. The third kappa shape index (κ3) is 2.63. The second-order valence-corrected chi connectivity index (χ2v) is 5.98. The summed E-state index contributed by atoms with van der Waals surface area (Å²) in [6.07, 6.45) is 3.61. The number of benzene rings is 1. The second-order valence-electron chi connectivity index (χ2n) is 5.98.